The van der Waals surface area contributed by atoms with Crippen LogP contribution in [0.5, 0.6) is 0 Å². The number of carbonyl (C=O) groups excluding carboxylic acids is 4. The maximum Gasteiger partial charge on any atom is 0.303 e. The zero-order chi connectivity index (χ0) is 30.2. The van der Waals surface area contributed by atoms with Crippen LogP contribution < -0.4 is 16.0 Å². The van der Waals surface area contributed by atoms with Crippen LogP contribution in [0.4, 0.5) is 0 Å². The minimum atomic E-state index is -0.937. The number of carboxylic acid groups (broad SMARTS) is 1. The standard InChI is InChI=1S/C31H43N5O6/c1-19(2)15-21-17-27(37)36-14-8-12-26(36)31(42)34-24(11-4-3-5-13-28(38)39)29(40)35-25(30(41)33-21)16-20-18-32-23-10-7-6-9-22(20)23/h6-7,9-10,18-19,21,24-26,32H,3-5,8,11-17H2,1-2H3,(H,33,41)(H,34,42)(H,35,40)(H,38,39)/t21-,24-,25-,26-/m0/s1. The SMILES string of the molecule is CC(C)C[C@H]1CC(=O)N2CCC[C@H]2C(=O)N[C@@H](CCCCCC(=O)O)C(=O)N[C@@H](Cc2c[nH]c3ccccc23)C(=O)N1. The molecule has 1 aromatic heterocycles. The number of hydrogen-bond acceptors (Lipinski definition) is 5. The molecule has 42 heavy (non-hydrogen) atoms. The van der Waals surface area contributed by atoms with E-state index in [1.165, 1.54) is 0 Å². The fourth-order valence-electron chi connectivity index (χ4n) is 6.07. The Morgan fingerprint density at radius 2 is 1.71 bits per heavy atom. The van der Waals surface area contributed by atoms with Crippen molar-refractivity contribution < 1.29 is 29.1 Å². The number of aliphatic carboxylic acids is 1. The van der Waals surface area contributed by atoms with Gasteiger partial charge in [0.25, 0.3) is 0 Å². The third kappa shape index (κ3) is 8.10. The lowest BCUT2D eigenvalue weighted by atomic mass is 9.98. The normalized spacial score (nSPS) is 23.9. The fraction of sp³-hybridized carbons (Fsp3) is 0.581. The summed E-state index contributed by atoms with van der Waals surface area (Å²) in [5.74, 6) is -2.08. The Bertz CT molecular complexity index is 1290. The predicted octanol–water partition coefficient (Wildman–Crippen LogP) is 2.64. The Hall–Kier alpha value is -3.89. The number of carboxylic acids is 1. The van der Waals surface area contributed by atoms with Crippen molar-refractivity contribution in [1.29, 1.82) is 0 Å². The highest BCUT2D eigenvalue weighted by Crippen LogP contribution is 2.23. The number of hydrogen-bond donors (Lipinski definition) is 5. The molecule has 4 amide bonds. The number of fused-ring (bicyclic) bond motifs is 2. The molecule has 3 heterocycles. The van der Waals surface area contributed by atoms with Gasteiger partial charge in [-0.15, -0.1) is 0 Å². The van der Waals surface area contributed by atoms with E-state index in [9.17, 15) is 24.0 Å². The molecule has 1 aromatic carbocycles. The summed E-state index contributed by atoms with van der Waals surface area (Å²) in [6.07, 6.45) is 5.79. The number of rotatable bonds is 10. The molecule has 0 bridgehead atoms. The highest BCUT2D eigenvalue weighted by Gasteiger charge is 2.38. The highest BCUT2D eigenvalue weighted by molar-refractivity contribution is 5.95. The van der Waals surface area contributed by atoms with Gasteiger partial charge in [-0.3, -0.25) is 24.0 Å². The number of aromatic amines is 1. The number of para-hydroxylation sites is 1. The van der Waals surface area contributed by atoms with Crippen molar-refractivity contribution in [3.63, 3.8) is 0 Å². The maximum atomic E-state index is 13.8. The van der Waals surface area contributed by atoms with Gasteiger partial charge in [-0.25, -0.2) is 0 Å². The molecule has 0 spiro atoms. The molecule has 0 radical (unpaired) electrons. The van der Waals surface area contributed by atoms with Gasteiger partial charge in [-0.1, -0.05) is 44.9 Å². The van der Waals surface area contributed by atoms with Crippen LogP contribution >= 0.6 is 0 Å². The van der Waals surface area contributed by atoms with Crippen LogP contribution in [0.1, 0.15) is 77.2 Å². The number of unbranched alkanes of at least 4 members (excludes halogenated alkanes) is 2. The Kier molecular flexibility index (Phi) is 10.6. The van der Waals surface area contributed by atoms with E-state index in [0.717, 1.165) is 16.5 Å². The van der Waals surface area contributed by atoms with Crippen molar-refractivity contribution >= 4 is 40.5 Å². The Morgan fingerprint density at radius 3 is 2.48 bits per heavy atom. The lowest BCUT2D eigenvalue weighted by molar-refractivity contribution is -0.140. The molecule has 0 unspecified atom stereocenters. The van der Waals surface area contributed by atoms with E-state index in [0.29, 0.717) is 45.1 Å². The summed E-state index contributed by atoms with van der Waals surface area (Å²) >= 11 is 0. The third-order valence-corrected chi connectivity index (χ3v) is 8.15. The second-order valence-corrected chi connectivity index (χ2v) is 12.0. The molecular formula is C31H43N5O6. The van der Waals surface area contributed by atoms with Crippen molar-refractivity contribution in [2.45, 2.75) is 102 Å². The molecule has 2 aromatic rings. The van der Waals surface area contributed by atoms with Crippen LogP contribution in [0.3, 0.4) is 0 Å². The second kappa shape index (κ2) is 14.3. The van der Waals surface area contributed by atoms with E-state index in [1.54, 1.807) is 4.90 Å². The zero-order valence-electron chi connectivity index (χ0n) is 24.5. The number of benzene rings is 1. The van der Waals surface area contributed by atoms with Gasteiger partial charge in [0.15, 0.2) is 0 Å². The number of carbonyl (C=O) groups is 5. The largest absolute Gasteiger partial charge is 0.481 e. The third-order valence-electron chi connectivity index (χ3n) is 8.15. The van der Waals surface area contributed by atoms with E-state index in [2.05, 4.69) is 20.9 Å². The van der Waals surface area contributed by atoms with Crippen LogP contribution in [-0.4, -0.2) is 75.3 Å². The minimum absolute atomic E-state index is 0.0345. The number of aromatic nitrogens is 1. The molecule has 0 saturated carbocycles. The van der Waals surface area contributed by atoms with Gasteiger partial charge in [0.2, 0.25) is 23.6 Å². The van der Waals surface area contributed by atoms with E-state index < -0.39 is 36.0 Å². The summed E-state index contributed by atoms with van der Waals surface area (Å²) in [4.78, 5) is 70.1. The first kappa shape index (κ1) is 31.1. The molecule has 5 N–H and O–H groups in total. The predicted molar refractivity (Wildman–Crippen MR) is 157 cm³/mol. The number of H-pyrrole nitrogens is 1. The second-order valence-electron chi connectivity index (χ2n) is 12.0. The molecule has 2 aliphatic rings. The van der Waals surface area contributed by atoms with Crippen molar-refractivity contribution in [3.8, 4) is 0 Å². The zero-order valence-corrected chi connectivity index (χ0v) is 24.5. The van der Waals surface area contributed by atoms with Crippen LogP contribution in [0.25, 0.3) is 10.9 Å². The summed E-state index contributed by atoms with van der Waals surface area (Å²) < 4.78 is 0. The van der Waals surface area contributed by atoms with Crippen molar-refractivity contribution in [3.05, 3.63) is 36.0 Å². The van der Waals surface area contributed by atoms with Gasteiger partial charge in [0.05, 0.1) is 0 Å². The summed E-state index contributed by atoms with van der Waals surface area (Å²) in [5.41, 5.74) is 1.78. The lowest BCUT2D eigenvalue weighted by Gasteiger charge is -2.28. The Balaban J connectivity index is 1.62. The van der Waals surface area contributed by atoms with Gasteiger partial charge < -0.3 is 30.9 Å². The highest BCUT2D eigenvalue weighted by atomic mass is 16.4. The van der Waals surface area contributed by atoms with Crippen LogP contribution in [0.15, 0.2) is 30.5 Å². The van der Waals surface area contributed by atoms with Gasteiger partial charge in [-0.05, 0) is 49.7 Å². The molecule has 4 rings (SSSR count). The average molecular weight is 582 g/mol. The number of nitrogens with one attached hydrogen (secondary N) is 4. The van der Waals surface area contributed by atoms with Crippen LogP contribution in [0.2, 0.25) is 0 Å². The summed E-state index contributed by atoms with van der Waals surface area (Å²) in [6.45, 7) is 4.50. The maximum absolute atomic E-state index is 13.8. The van der Waals surface area contributed by atoms with E-state index in [1.807, 2.05) is 44.3 Å². The Labute approximate surface area is 246 Å². The molecular weight excluding hydrogens is 538 g/mol. The lowest BCUT2D eigenvalue weighted by Crippen LogP contribution is -2.56. The van der Waals surface area contributed by atoms with Gasteiger partial charge in [0, 0.05) is 48.9 Å². The topological polar surface area (TPSA) is 161 Å². The summed E-state index contributed by atoms with van der Waals surface area (Å²) in [6, 6.07) is 4.75. The van der Waals surface area contributed by atoms with E-state index in [-0.39, 0.29) is 49.3 Å². The first-order valence-electron chi connectivity index (χ1n) is 15.1. The van der Waals surface area contributed by atoms with Crippen molar-refractivity contribution in [2.24, 2.45) is 5.92 Å². The molecule has 11 nitrogen and oxygen atoms in total. The number of amides is 4. The van der Waals surface area contributed by atoms with Crippen LogP contribution in [0, 0.1) is 5.92 Å². The molecule has 228 valence electrons. The van der Waals surface area contributed by atoms with Crippen molar-refractivity contribution in [2.75, 3.05) is 6.54 Å². The minimum Gasteiger partial charge on any atom is -0.481 e. The van der Waals surface area contributed by atoms with Gasteiger partial charge >= 0.3 is 5.97 Å². The molecule has 4 atom stereocenters. The molecule has 11 heteroatoms. The first-order chi connectivity index (χ1) is 20.1. The van der Waals surface area contributed by atoms with E-state index in [4.69, 9.17) is 5.11 Å². The molecule has 2 saturated heterocycles. The van der Waals surface area contributed by atoms with Crippen molar-refractivity contribution in [1.82, 2.24) is 25.8 Å². The summed E-state index contributed by atoms with van der Waals surface area (Å²) in [7, 11) is 0. The monoisotopic (exact) mass is 581 g/mol. The Morgan fingerprint density at radius 1 is 0.976 bits per heavy atom. The smallest absolute Gasteiger partial charge is 0.303 e. The fourth-order valence-corrected chi connectivity index (χ4v) is 6.07. The van der Waals surface area contributed by atoms with Gasteiger partial charge in [-0.2, -0.15) is 0 Å². The van der Waals surface area contributed by atoms with Crippen LogP contribution in [-0.2, 0) is 30.4 Å². The molecule has 2 aliphatic heterocycles. The number of nitrogens with zero attached hydrogens (tertiary/aromatic N) is 1. The van der Waals surface area contributed by atoms with Gasteiger partial charge in [0.1, 0.15) is 18.1 Å². The van der Waals surface area contributed by atoms with E-state index >= 15 is 0 Å². The quantitative estimate of drug-likeness (QED) is 0.271. The average Bonchev–Trinajstić information content (AvgIpc) is 3.58. The summed E-state index contributed by atoms with van der Waals surface area (Å²) in [5, 5.41) is 18.7. The molecule has 0 aliphatic carbocycles. The molecule has 2 fully saturated rings. The first-order valence-corrected chi connectivity index (χ1v) is 15.1.